The molecule has 202 valence electrons. The molecule has 0 saturated carbocycles. The number of anilines is 1. The van der Waals surface area contributed by atoms with Gasteiger partial charge < -0.3 is 9.47 Å². The summed E-state index contributed by atoms with van der Waals surface area (Å²) in [5.74, 6) is 1.03. The number of rotatable bonds is 9. The molecule has 4 rings (SSSR count). The predicted octanol–water partition coefficient (Wildman–Crippen LogP) is 1.80. The average Bonchev–Trinajstić information content (AvgIpc) is 3.43. The summed E-state index contributed by atoms with van der Waals surface area (Å²) in [7, 11) is -4.44. The van der Waals surface area contributed by atoms with Crippen molar-refractivity contribution < 1.29 is 26.3 Å². The Morgan fingerprint density at radius 1 is 1.11 bits per heavy atom. The van der Waals surface area contributed by atoms with Gasteiger partial charge in [0.25, 0.3) is 0 Å². The maximum Gasteiger partial charge on any atom is 0.233 e. The van der Waals surface area contributed by atoms with Gasteiger partial charge in [-0.05, 0) is 44.4 Å². The van der Waals surface area contributed by atoms with Gasteiger partial charge in [0, 0.05) is 18.3 Å². The molecule has 3 heterocycles. The Balaban J connectivity index is 1.67. The van der Waals surface area contributed by atoms with Gasteiger partial charge in [-0.25, -0.2) is 26.8 Å². The van der Waals surface area contributed by atoms with Gasteiger partial charge in [-0.3, -0.25) is 4.90 Å². The first kappa shape index (κ1) is 27.1. The van der Waals surface area contributed by atoms with E-state index in [1.807, 2.05) is 6.92 Å². The largest absolute Gasteiger partial charge is 0.494 e. The quantitative estimate of drug-likeness (QED) is 0.489. The molecule has 12 nitrogen and oxygen atoms in total. The smallest absolute Gasteiger partial charge is 0.233 e. The van der Waals surface area contributed by atoms with Crippen LogP contribution in [0.15, 0.2) is 35.7 Å². The lowest BCUT2D eigenvalue weighted by molar-refractivity contribution is 0.277. The fourth-order valence-electron chi connectivity index (χ4n) is 4.41. The lowest BCUT2D eigenvalue weighted by Crippen LogP contribution is -2.46. The van der Waals surface area contributed by atoms with E-state index in [2.05, 4.69) is 19.9 Å². The molecule has 2 aliphatic rings. The van der Waals surface area contributed by atoms with Gasteiger partial charge in [0.2, 0.25) is 10.0 Å². The Bertz CT molecular complexity index is 1360. The van der Waals surface area contributed by atoms with Gasteiger partial charge in [-0.2, -0.15) is 5.12 Å². The maximum atomic E-state index is 13.3. The summed E-state index contributed by atoms with van der Waals surface area (Å²) in [4.78, 5) is 12.7. The van der Waals surface area contributed by atoms with Crippen LogP contribution in [0.3, 0.4) is 0 Å². The van der Waals surface area contributed by atoms with Crippen LogP contribution in [0.25, 0.3) is 0 Å². The first-order chi connectivity index (χ1) is 17.5. The van der Waals surface area contributed by atoms with Gasteiger partial charge >= 0.3 is 0 Å². The molecule has 2 aliphatic heterocycles. The minimum atomic E-state index is -3.96. The fourth-order valence-corrected chi connectivity index (χ4v) is 7.51. The van der Waals surface area contributed by atoms with E-state index in [1.165, 1.54) is 14.2 Å². The van der Waals surface area contributed by atoms with Crippen LogP contribution >= 0.6 is 0 Å². The lowest BCUT2D eigenvalue weighted by Gasteiger charge is -2.27. The van der Waals surface area contributed by atoms with Crippen molar-refractivity contribution in [3.05, 3.63) is 42.0 Å². The van der Waals surface area contributed by atoms with Crippen LogP contribution in [-0.2, 0) is 19.9 Å². The third kappa shape index (κ3) is 5.36. The van der Waals surface area contributed by atoms with Crippen molar-refractivity contribution in [3.63, 3.8) is 0 Å². The SMILES string of the molecule is COc1cccc(OC)c1N1CN(NS(=O)(=O)C(C)C(C)c2ncc(C)cn2)N=C1[C@H]1CCCS1(=O)=O. The summed E-state index contributed by atoms with van der Waals surface area (Å²) < 4.78 is 63.5. The standard InChI is InChI=1S/C23H32N6O6S2/c1-15-12-24-22(25-13-15)16(2)17(3)37(32,33)27-29-14-28(21-18(34-4)8-6-9-19(21)35-5)23(26-29)20-10-7-11-36(20,30)31/h6,8-9,12-13,16-17,20,27H,7,10-11,14H2,1-5H3/t16?,17?,20-/m1/s1. The second-order valence-electron chi connectivity index (χ2n) is 9.18. The minimum Gasteiger partial charge on any atom is -0.494 e. The summed E-state index contributed by atoms with van der Waals surface area (Å²) in [6.07, 6.45) is 4.17. The summed E-state index contributed by atoms with van der Waals surface area (Å²) in [6, 6.07) is 5.19. The second kappa shape index (κ2) is 10.4. The number of ether oxygens (including phenoxy) is 2. The molecular weight excluding hydrogens is 520 g/mol. The van der Waals surface area contributed by atoms with Crippen molar-refractivity contribution in [2.24, 2.45) is 5.10 Å². The van der Waals surface area contributed by atoms with Crippen LogP contribution in [0.2, 0.25) is 0 Å². The van der Waals surface area contributed by atoms with Crippen LogP contribution in [0.5, 0.6) is 11.5 Å². The minimum absolute atomic E-state index is 0.0460. The van der Waals surface area contributed by atoms with Crippen molar-refractivity contribution >= 4 is 31.4 Å². The molecule has 0 radical (unpaired) electrons. The van der Waals surface area contributed by atoms with Crippen molar-refractivity contribution in [3.8, 4) is 11.5 Å². The fraction of sp³-hybridized carbons (Fsp3) is 0.522. The van der Waals surface area contributed by atoms with Crippen LogP contribution in [-0.4, -0.2) is 74.9 Å². The van der Waals surface area contributed by atoms with Crippen LogP contribution in [0.4, 0.5) is 5.69 Å². The van der Waals surface area contributed by atoms with Gasteiger partial charge in [-0.1, -0.05) is 13.0 Å². The average molecular weight is 553 g/mol. The van der Waals surface area contributed by atoms with E-state index in [9.17, 15) is 16.8 Å². The van der Waals surface area contributed by atoms with E-state index in [1.54, 1.807) is 49.3 Å². The highest BCUT2D eigenvalue weighted by Crippen LogP contribution is 2.41. The molecule has 0 bridgehead atoms. The summed E-state index contributed by atoms with van der Waals surface area (Å²) in [5.41, 5.74) is 1.33. The van der Waals surface area contributed by atoms with E-state index < -0.39 is 36.3 Å². The number of aryl methyl sites for hydroxylation is 1. The normalized spacial score (nSPS) is 21.0. The Hall–Kier alpha value is -2.97. The molecule has 0 aliphatic carbocycles. The number of nitrogens with one attached hydrogen (secondary N) is 1. The molecule has 37 heavy (non-hydrogen) atoms. The highest BCUT2D eigenvalue weighted by molar-refractivity contribution is 7.93. The van der Waals surface area contributed by atoms with Gasteiger partial charge in [-0.15, -0.1) is 9.93 Å². The molecule has 3 atom stereocenters. The summed E-state index contributed by atoms with van der Waals surface area (Å²) in [5, 5.41) is 3.81. The number of hydrazone groups is 1. The third-order valence-corrected chi connectivity index (χ3v) is 10.7. The Morgan fingerprint density at radius 2 is 1.73 bits per heavy atom. The molecule has 0 spiro atoms. The Labute approximate surface area is 217 Å². The van der Waals surface area contributed by atoms with Gasteiger partial charge in [0.15, 0.2) is 15.7 Å². The number of sulfone groups is 1. The first-order valence-corrected chi connectivity index (χ1v) is 15.1. The zero-order valence-corrected chi connectivity index (χ0v) is 23.1. The predicted molar refractivity (Wildman–Crippen MR) is 140 cm³/mol. The van der Waals surface area contributed by atoms with Crippen molar-refractivity contribution in [1.29, 1.82) is 0 Å². The maximum absolute atomic E-state index is 13.3. The zero-order valence-electron chi connectivity index (χ0n) is 21.4. The zero-order chi connectivity index (χ0) is 27.0. The van der Waals surface area contributed by atoms with E-state index in [4.69, 9.17) is 9.47 Å². The number of hydrogen-bond donors (Lipinski definition) is 1. The third-order valence-electron chi connectivity index (χ3n) is 6.70. The van der Waals surface area contributed by atoms with Crippen LogP contribution < -0.4 is 19.2 Å². The van der Waals surface area contributed by atoms with Crippen LogP contribution in [0, 0.1) is 6.92 Å². The molecule has 2 aromatic rings. The van der Waals surface area contributed by atoms with Crippen molar-refractivity contribution in [1.82, 2.24) is 19.9 Å². The molecule has 1 N–H and O–H groups in total. The van der Waals surface area contributed by atoms with Crippen molar-refractivity contribution in [2.45, 2.75) is 50.0 Å². The number of hydrogen-bond acceptors (Lipinski definition) is 11. The van der Waals surface area contributed by atoms with E-state index >= 15 is 0 Å². The second-order valence-corrected chi connectivity index (χ2v) is 13.5. The summed E-state index contributed by atoms with van der Waals surface area (Å²) >= 11 is 0. The van der Waals surface area contributed by atoms with E-state index in [-0.39, 0.29) is 18.3 Å². The molecule has 2 unspecified atom stereocenters. The van der Waals surface area contributed by atoms with Crippen molar-refractivity contribution in [2.75, 3.05) is 31.5 Å². The van der Waals surface area contributed by atoms with Gasteiger partial charge in [0.1, 0.15) is 34.9 Å². The van der Waals surface area contributed by atoms with Crippen LogP contribution in [0.1, 0.15) is 44.0 Å². The monoisotopic (exact) mass is 552 g/mol. The highest BCUT2D eigenvalue weighted by atomic mass is 32.2. The molecule has 1 fully saturated rings. The number of sulfonamides is 1. The highest BCUT2D eigenvalue weighted by Gasteiger charge is 2.44. The number of nitrogens with zero attached hydrogens (tertiary/aromatic N) is 5. The molecular formula is C23H32N6O6S2. The number of para-hydroxylation sites is 1. The number of hydrazine groups is 1. The first-order valence-electron chi connectivity index (χ1n) is 11.8. The number of amidine groups is 1. The lowest BCUT2D eigenvalue weighted by atomic mass is 10.1. The Kier molecular flexibility index (Phi) is 7.62. The summed E-state index contributed by atoms with van der Waals surface area (Å²) in [6.45, 7) is 5.08. The topological polar surface area (TPSA) is 143 Å². The van der Waals surface area contributed by atoms with E-state index in [0.717, 1.165) is 10.7 Å². The molecule has 14 heteroatoms. The van der Waals surface area contributed by atoms with Gasteiger partial charge in [0.05, 0.1) is 25.2 Å². The van der Waals surface area contributed by atoms with E-state index in [0.29, 0.717) is 35.9 Å². The number of benzene rings is 1. The molecule has 1 saturated heterocycles. The molecule has 1 aromatic carbocycles. The Morgan fingerprint density at radius 3 is 2.27 bits per heavy atom. The molecule has 0 amide bonds. The number of aromatic nitrogens is 2. The number of methoxy groups -OCH3 is 2. The molecule has 1 aromatic heterocycles.